The molecular weight excluding hydrogens is 376 g/mol. The fraction of sp³-hybridized carbons (Fsp3) is 0.400. The molecule has 0 aromatic heterocycles. The maximum Gasteiger partial charge on any atom is 0.353 e. The molecule has 1 atom stereocenters. The predicted octanol–water partition coefficient (Wildman–Crippen LogP) is 4.26. The Bertz CT molecular complexity index is 843. The summed E-state index contributed by atoms with van der Waals surface area (Å²) in [5.74, 6) is -1.01. The van der Waals surface area contributed by atoms with Crippen molar-refractivity contribution in [3.63, 3.8) is 0 Å². The highest BCUT2D eigenvalue weighted by molar-refractivity contribution is 6.39. The Labute approximate surface area is 178 Å². The predicted molar refractivity (Wildman–Crippen MR) is 117 cm³/mol. The van der Waals surface area contributed by atoms with Crippen LogP contribution in [-0.2, 0) is 27.4 Å². The summed E-state index contributed by atoms with van der Waals surface area (Å²) in [4.78, 5) is 27.1. The molecule has 1 amide bonds. The van der Waals surface area contributed by atoms with E-state index in [9.17, 15) is 9.59 Å². The van der Waals surface area contributed by atoms with Crippen LogP contribution < -0.4 is 0 Å². The summed E-state index contributed by atoms with van der Waals surface area (Å²) in [5, 5.41) is 8.23. The van der Waals surface area contributed by atoms with Gasteiger partial charge in [0.2, 0.25) is 5.91 Å². The summed E-state index contributed by atoms with van der Waals surface area (Å²) in [7, 11) is 0. The second kappa shape index (κ2) is 10.7. The first-order valence-corrected chi connectivity index (χ1v) is 10.7. The second-order valence-corrected chi connectivity index (χ2v) is 7.89. The summed E-state index contributed by atoms with van der Waals surface area (Å²) < 4.78 is 5.26. The van der Waals surface area contributed by atoms with E-state index < -0.39 is 11.9 Å². The number of piperidine rings is 1. The highest BCUT2D eigenvalue weighted by atomic mass is 16.5. The minimum Gasteiger partial charge on any atom is -0.456 e. The number of likely N-dealkylation sites (tertiary alicyclic amines) is 1. The number of nitrogens with one attached hydrogen (secondary N) is 1. The van der Waals surface area contributed by atoms with Crippen LogP contribution in [-0.4, -0.2) is 35.6 Å². The minimum absolute atomic E-state index is 0.109. The topological polar surface area (TPSA) is 70.5 Å². The molecule has 0 bridgehead atoms. The van der Waals surface area contributed by atoms with Crippen LogP contribution in [0.2, 0.25) is 0 Å². The molecule has 5 heteroatoms. The molecule has 0 spiro atoms. The smallest absolute Gasteiger partial charge is 0.353 e. The van der Waals surface area contributed by atoms with Gasteiger partial charge in [-0.15, -0.1) is 0 Å². The second-order valence-electron chi connectivity index (χ2n) is 7.89. The Balaban J connectivity index is 1.50. The Morgan fingerprint density at radius 3 is 2.13 bits per heavy atom. The minimum atomic E-state index is -0.737. The third-order valence-corrected chi connectivity index (χ3v) is 5.78. The van der Waals surface area contributed by atoms with Gasteiger partial charge in [0.15, 0.2) is 0 Å². The molecule has 1 aliphatic heterocycles. The molecule has 30 heavy (non-hydrogen) atoms. The van der Waals surface area contributed by atoms with Crippen molar-refractivity contribution in [2.75, 3.05) is 13.1 Å². The van der Waals surface area contributed by atoms with Crippen LogP contribution in [0.15, 0.2) is 60.7 Å². The Morgan fingerprint density at radius 1 is 1.00 bits per heavy atom. The highest BCUT2D eigenvalue weighted by Gasteiger charge is 2.33. The summed E-state index contributed by atoms with van der Waals surface area (Å²) in [6, 6.07) is 19.8. The lowest BCUT2D eigenvalue weighted by Crippen LogP contribution is -2.45. The van der Waals surface area contributed by atoms with Crippen molar-refractivity contribution in [1.82, 2.24) is 4.90 Å². The molecule has 1 heterocycles. The fourth-order valence-corrected chi connectivity index (χ4v) is 3.97. The van der Waals surface area contributed by atoms with Gasteiger partial charge in [-0.1, -0.05) is 67.6 Å². The maximum absolute atomic E-state index is 13.0. The summed E-state index contributed by atoms with van der Waals surface area (Å²) in [5.41, 5.74) is 1.94. The van der Waals surface area contributed by atoms with Gasteiger partial charge in [-0.25, -0.2) is 4.79 Å². The van der Waals surface area contributed by atoms with Crippen molar-refractivity contribution in [3.8, 4) is 0 Å². The number of nitrogens with zero attached hydrogens (tertiary/aromatic N) is 1. The lowest BCUT2D eigenvalue weighted by atomic mass is 9.89. The third kappa shape index (κ3) is 5.78. The average molecular weight is 407 g/mol. The van der Waals surface area contributed by atoms with Crippen molar-refractivity contribution in [1.29, 1.82) is 5.41 Å². The SMILES string of the molecule is CC[C@H](C(=N)C(=O)OCc1ccccc1)C(=O)N1CCC(Cc2ccccc2)CC1. The Hall–Kier alpha value is -2.95. The molecule has 3 rings (SSSR count). The lowest BCUT2D eigenvalue weighted by Gasteiger charge is -2.34. The van der Waals surface area contributed by atoms with E-state index >= 15 is 0 Å². The number of hydrogen-bond donors (Lipinski definition) is 1. The van der Waals surface area contributed by atoms with E-state index in [0.29, 0.717) is 25.4 Å². The number of carbonyl (C=O) groups is 2. The summed E-state index contributed by atoms with van der Waals surface area (Å²) in [6.07, 6.45) is 3.34. The van der Waals surface area contributed by atoms with E-state index in [2.05, 4.69) is 24.3 Å². The zero-order chi connectivity index (χ0) is 21.3. The lowest BCUT2D eigenvalue weighted by molar-refractivity contribution is -0.140. The van der Waals surface area contributed by atoms with Gasteiger partial charge in [-0.3, -0.25) is 10.2 Å². The van der Waals surface area contributed by atoms with Gasteiger partial charge < -0.3 is 9.64 Å². The van der Waals surface area contributed by atoms with Crippen molar-refractivity contribution >= 4 is 17.6 Å². The number of benzene rings is 2. The zero-order valence-electron chi connectivity index (χ0n) is 17.5. The molecule has 2 aromatic carbocycles. The fourth-order valence-electron chi connectivity index (χ4n) is 3.97. The number of amides is 1. The van der Waals surface area contributed by atoms with Crippen molar-refractivity contribution in [2.45, 2.75) is 39.2 Å². The standard InChI is InChI=1S/C25H30N2O3/c1-2-22(23(26)25(29)30-18-21-11-7-4-8-12-21)24(28)27-15-13-20(14-16-27)17-19-9-5-3-6-10-19/h3-12,20,22,26H,2,13-18H2,1H3/t22-/m1/s1. The molecule has 158 valence electrons. The zero-order valence-corrected chi connectivity index (χ0v) is 17.5. The van der Waals surface area contributed by atoms with E-state index in [-0.39, 0.29) is 18.2 Å². The molecule has 1 N–H and O–H groups in total. The van der Waals surface area contributed by atoms with Crippen LogP contribution in [0.1, 0.15) is 37.3 Å². The molecule has 1 aliphatic rings. The molecule has 1 fully saturated rings. The van der Waals surface area contributed by atoms with E-state index in [0.717, 1.165) is 24.8 Å². The van der Waals surface area contributed by atoms with Gasteiger partial charge in [-0.05, 0) is 42.7 Å². The molecule has 1 saturated heterocycles. The van der Waals surface area contributed by atoms with Crippen LogP contribution in [0.4, 0.5) is 0 Å². The van der Waals surface area contributed by atoms with Crippen LogP contribution in [0.5, 0.6) is 0 Å². The number of hydrogen-bond acceptors (Lipinski definition) is 4. The Kier molecular flexibility index (Phi) is 7.77. The highest BCUT2D eigenvalue weighted by Crippen LogP contribution is 2.23. The first kappa shape index (κ1) is 21.8. The first-order valence-electron chi connectivity index (χ1n) is 10.7. The summed E-state index contributed by atoms with van der Waals surface area (Å²) >= 11 is 0. The van der Waals surface area contributed by atoms with Crippen molar-refractivity contribution in [2.24, 2.45) is 11.8 Å². The number of esters is 1. The van der Waals surface area contributed by atoms with Crippen LogP contribution in [0.25, 0.3) is 0 Å². The molecule has 0 aliphatic carbocycles. The van der Waals surface area contributed by atoms with E-state index in [1.165, 1.54) is 5.56 Å². The number of carbonyl (C=O) groups excluding carboxylic acids is 2. The van der Waals surface area contributed by atoms with Gasteiger partial charge >= 0.3 is 5.97 Å². The summed E-state index contributed by atoms with van der Waals surface area (Å²) in [6.45, 7) is 3.31. The van der Waals surface area contributed by atoms with Gasteiger partial charge in [-0.2, -0.15) is 0 Å². The molecule has 0 saturated carbocycles. The molecule has 0 unspecified atom stereocenters. The van der Waals surface area contributed by atoms with Crippen LogP contribution >= 0.6 is 0 Å². The monoisotopic (exact) mass is 406 g/mol. The van der Waals surface area contributed by atoms with Gasteiger partial charge in [0, 0.05) is 13.1 Å². The molecule has 0 radical (unpaired) electrons. The largest absolute Gasteiger partial charge is 0.456 e. The van der Waals surface area contributed by atoms with Gasteiger partial charge in [0.05, 0.1) is 5.92 Å². The average Bonchev–Trinajstić information content (AvgIpc) is 2.79. The van der Waals surface area contributed by atoms with Crippen LogP contribution in [0.3, 0.4) is 0 Å². The van der Waals surface area contributed by atoms with Gasteiger partial charge in [0.25, 0.3) is 0 Å². The number of rotatable bonds is 8. The third-order valence-electron chi connectivity index (χ3n) is 5.78. The van der Waals surface area contributed by atoms with Crippen molar-refractivity contribution < 1.29 is 14.3 Å². The first-order chi connectivity index (χ1) is 14.6. The van der Waals surface area contributed by atoms with E-state index in [1.54, 1.807) is 0 Å². The molecule has 5 nitrogen and oxygen atoms in total. The van der Waals surface area contributed by atoms with Crippen LogP contribution in [0, 0.1) is 17.2 Å². The Morgan fingerprint density at radius 2 is 1.57 bits per heavy atom. The molecular formula is C25H30N2O3. The van der Waals surface area contributed by atoms with E-state index in [4.69, 9.17) is 10.1 Å². The molecule has 2 aromatic rings. The van der Waals surface area contributed by atoms with Crippen molar-refractivity contribution in [3.05, 3.63) is 71.8 Å². The maximum atomic E-state index is 13.0. The van der Waals surface area contributed by atoms with Gasteiger partial charge in [0.1, 0.15) is 12.3 Å². The number of ether oxygens (including phenoxy) is 1. The van der Waals surface area contributed by atoms with E-state index in [1.807, 2.05) is 48.2 Å². The normalized spacial score (nSPS) is 15.4. The quantitative estimate of drug-likeness (QED) is 0.526.